The van der Waals surface area contributed by atoms with Crippen LogP contribution in [0, 0.1) is 0 Å². The van der Waals surface area contributed by atoms with Gasteiger partial charge in [-0.25, -0.2) is 4.98 Å². The monoisotopic (exact) mass is 303 g/mol. The van der Waals surface area contributed by atoms with Crippen LogP contribution in [0.4, 0.5) is 0 Å². The highest BCUT2D eigenvalue weighted by atomic mass is 35.5. The number of benzene rings is 2. The molecular weight excluding hydrogens is 290 g/mol. The van der Waals surface area contributed by atoms with Gasteiger partial charge in [0.1, 0.15) is 5.82 Å². The molecule has 0 bridgehead atoms. The molecule has 0 saturated heterocycles. The van der Waals surface area contributed by atoms with Gasteiger partial charge in [0.05, 0.1) is 17.1 Å². The average molecular weight is 304 g/mol. The molecule has 3 aromatic rings. The van der Waals surface area contributed by atoms with Crippen LogP contribution in [0.3, 0.4) is 0 Å². The lowest BCUT2D eigenvalue weighted by atomic mass is 10.1. The van der Waals surface area contributed by atoms with Gasteiger partial charge in [-0.05, 0) is 42.3 Å². The summed E-state index contributed by atoms with van der Waals surface area (Å²) in [5, 5.41) is 19.4. The molecule has 6 heteroatoms. The number of nitrogens with two attached hydrogens (primary N) is 1. The van der Waals surface area contributed by atoms with Gasteiger partial charge in [0.15, 0.2) is 11.5 Å². The van der Waals surface area contributed by atoms with E-state index in [0.29, 0.717) is 17.3 Å². The lowest BCUT2D eigenvalue weighted by molar-refractivity contribution is 0.403. The quantitative estimate of drug-likeness (QED) is 0.559. The van der Waals surface area contributed by atoms with Crippen molar-refractivity contribution in [1.82, 2.24) is 9.97 Å². The Bertz CT molecular complexity index is 801. The number of phenolic OH excluding ortho intramolecular Hbond substituents is 2. The van der Waals surface area contributed by atoms with Crippen molar-refractivity contribution in [2.24, 2.45) is 5.73 Å². The van der Waals surface area contributed by atoms with Crippen molar-refractivity contribution >= 4 is 22.6 Å². The number of hydrogen-bond donors (Lipinski definition) is 4. The number of nitrogens with zero attached hydrogens (tertiary/aromatic N) is 1. The second-order valence-electron chi connectivity index (χ2n) is 4.92. The number of aromatic hydroxyl groups is 2. The zero-order valence-corrected chi connectivity index (χ0v) is 11.8. The summed E-state index contributed by atoms with van der Waals surface area (Å²) in [5.74, 6) is 0.349. The molecule has 5 nitrogen and oxygen atoms in total. The predicted octanol–water partition coefficient (Wildman–Crippen LogP) is 2.87. The summed E-state index contributed by atoms with van der Waals surface area (Å²) in [5.41, 5.74) is 8.60. The minimum absolute atomic E-state index is 0.147. The third-order valence-electron chi connectivity index (χ3n) is 3.31. The molecule has 21 heavy (non-hydrogen) atoms. The van der Waals surface area contributed by atoms with Gasteiger partial charge in [-0.2, -0.15) is 0 Å². The first kappa shape index (κ1) is 13.7. The minimum atomic E-state index is -0.347. The maximum Gasteiger partial charge on any atom is 0.157 e. The summed E-state index contributed by atoms with van der Waals surface area (Å²) < 4.78 is 0. The number of aromatic amines is 1. The van der Waals surface area contributed by atoms with Crippen LogP contribution in [0.2, 0.25) is 5.02 Å². The predicted molar refractivity (Wildman–Crippen MR) is 81.5 cm³/mol. The van der Waals surface area contributed by atoms with Crippen LogP contribution in [-0.2, 0) is 6.42 Å². The van der Waals surface area contributed by atoms with Crippen LogP contribution in [0.5, 0.6) is 11.5 Å². The molecule has 108 valence electrons. The van der Waals surface area contributed by atoms with E-state index in [4.69, 9.17) is 17.3 Å². The van der Waals surface area contributed by atoms with E-state index in [2.05, 4.69) is 9.97 Å². The van der Waals surface area contributed by atoms with Gasteiger partial charge >= 0.3 is 0 Å². The summed E-state index contributed by atoms with van der Waals surface area (Å²) in [6.07, 6.45) is 0.487. The molecule has 0 aliphatic heterocycles. The van der Waals surface area contributed by atoms with Crippen molar-refractivity contribution in [3.63, 3.8) is 0 Å². The largest absolute Gasteiger partial charge is 0.504 e. The van der Waals surface area contributed by atoms with E-state index in [9.17, 15) is 10.2 Å². The lowest BCUT2D eigenvalue weighted by Gasteiger charge is -2.09. The number of fused-ring (bicyclic) bond motifs is 1. The fourth-order valence-corrected chi connectivity index (χ4v) is 2.40. The first-order valence-corrected chi connectivity index (χ1v) is 6.82. The Morgan fingerprint density at radius 1 is 1.14 bits per heavy atom. The number of rotatable bonds is 3. The summed E-state index contributed by atoms with van der Waals surface area (Å²) >= 11 is 5.94. The summed E-state index contributed by atoms with van der Waals surface area (Å²) in [4.78, 5) is 7.59. The second-order valence-corrected chi connectivity index (χ2v) is 5.35. The number of halogens is 1. The van der Waals surface area contributed by atoms with Crippen LogP contribution in [0.1, 0.15) is 17.4 Å². The first-order valence-electron chi connectivity index (χ1n) is 6.44. The number of hydrogen-bond acceptors (Lipinski definition) is 4. The molecule has 0 aliphatic rings. The van der Waals surface area contributed by atoms with E-state index in [1.165, 1.54) is 12.1 Å². The molecule has 5 N–H and O–H groups in total. The fraction of sp³-hybridized carbons (Fsp3) is 0.133. The molecule has 0 fully saturated rings. The van der Waals surface area contributed by atoms with Crippen molar-refractivity contribution in [3.05, 3.63) is 52.8 Å². The zero-order chi connectivity index (χ0) is 15.0. The smallest absolute Gasteiger partial charge is 0.157 e. The Morgan fingerprint density at radius 3 is 2.71 bits per heavy atom. The molecule has 0 spiro atoms. The minimum Gasteiger partial charge on any atom is -0.504 e. The SMILES string of the molecule is NC(Cc1ccc(O)c(O)c1)c1nc2ccc(Cl)cc2[nH]1. The highest BCUT2D eigenvalue weighted by molar-refractivity contribution is 6.31. The number of imidazole rings is 1. The average Bonchev–Trinajstić information content (AvgIpc) is 2.86. The molecular formula is C15H14ClN3O2. The van der Waals surface area contributed by atoms with E-state index in [0.717, 1.165) is 16.6 Å². The molecule has 1 aromatic heterocycles. The molecule has 0 saturated carbocycles. The summed E-state index contributed by atoms with van der Waals surface area (Å²) in [7, 11) is 0. The van der Waals surface area contributed by atoms with Gasteiger partial charge in [0, 0.05) is 5.02 Å². The molecule has 0 radical (unpaired) electrons. The molecule has 2 aromatic carbocycles. The lowest BCUT2D eigenvalue weighted by Crippen LogP contribution is -2.14. The highest BCUT2D eigenvalue weighted by Gasteiger charge is 2.13. The molecule has 1 unspecified atom stereocenters. The second kappa shape index (κ2) is 5.27. The van der Waals surface area contributed by atoms with E-state index >= 15 is 0 Å². The third kappa shape index (κ3) is 2.79. The summed E-state index contributed by atoms with van der Waals surface area (Å²) in [6.45, 7) is 0. The summed E-state index contributed by atoms with van der Waals surface area (Å²) in [6, 6.07) is 9.71. The van der Waals surface area contributed by atoms with Crippen molar-refractivity contribution in [1.29, 1.82) is 0 Å². The Hall–Kier alpha value is -2.24. The van der Waals surface area contributed by atoms with Crippen LogP contribution in [0.25, 0.3) is 11.0 Å². The topological polar surface area (TPSA) is 95.2 Å². The van der Waals surface area contributed by atoms with Gasteiger partial charge < -0.3 is 20.9 Å². The van der Waals surface area contributed by atoms with Crippen molar-refractivity contribution in [2.45, 2.75) is 12.5 Å². The van der Waals surface area contributed by atoms with Gasteiger partial charge in [-0.1, -0.05) is 17.7 Å². The maximum atomic E-state index is 9.50. The number of H-pyrrole nitrogens is 1. The molecule has 0 aliphatic carbocycles. The van der Waals surface area contributed by atoms with E-state index in [-0.39, 0.29) is 17.5 Å². The van der Waals surface area contributed by atoms with Gasteiger partial charge in [0.2, 0.25) is 0 Å². The molecule has 3 rings (SSSR count). The number of phenols is 2. The standard InChI is InChI=1S/C15H14ClN3O2/c16-9-2-3-11-12(7-9)19-15(18-11)10(17)5-8-1-4-13(20)14(21)6-8/h1-4,6-7,10,20-21H,5,17H2,(H,18,19). The molecule has 1 heterocycles. The highest BCUT2D eigenvalue weighted by Crippen LogP contribution is 2.27. The third-order valence-corrected chi connectivity index (χ3v) is 3.54. The van der Waals surface area contributed by atoms with Gasteiger partial charge in [-0.3, -0.25) is 0 Å². The van der Waals surface area contributed by atoms with Crippen molar-refractivity contribution < 1.29 is 10.2 Å². The van der Waals surface area contributed by atoms with Gasteiger partial charge in [-0.15, -0.1) is 0 Å². The van der Waals surface area contributed by atoms with Crippen LogP contribution in [0.15, 0.2) is 36.4 Å². The Kier molecular flexibility index (Phi) is 3.45. The zero-order valence-electron chi connectivity index (χ0n) is 11.0. The fourth-order valence-electron chi connectivity index (χ4n) is 2.22. The molecule has 1 atom stereocenters. The Morgan fingerprint density at radius 2 is 1.95 bits per heavy atom. The molecule has 0 amide bonds. The van der Waals surface area contributed by atoms with E-state index in [1.807, 2.05) is 6.07 Å². The van der Waals surface area contributed by atoms with Crippen LogP contribution >= 0.6 is 11.6 Å². The number of nitrogens with one attached hydrogen (secondary N) is 1. The van der Waals surface area contributed by atoms with Crippen molar-refractivity contribution in [2.75, 3.05) is 0 Å². The Labute approximate surface area is 126 Å². The Balaban J connectivity index is 1.85. The van der Waals surface area contributed by atoms with Crippen LogP contribution < -0.4 is 5.73 Å². The van der Waals surface area contributed by atoms with E-state index < -0.39 is 0 Å². The van der Waals surface area contributed by atoms with Gasteiger partial charge in [0.25, 0.3) is 0 Å². The first-order chi connectivity index (χ1) is 10.0. The normalized spacial score (nSPS) is 12.7. The maximum absolute atomic E-state index is 9.50. The number of aromatic nitrogens is 2. The van der Waals surface area contributed by atoms with E-state index in [1.54, 1.807) is 18.2 Å². The van der Waals surface area contributed by atoms with Crippen molar-refractivity contribution in [3.8, 4) is 11.5 Å². The van der Waals surface area contributed by atoms with Crippen LogP contribution in [-0.4, -0.2) is 20.2 Å².